The van der Waals surface area contributed by atoms with Crippen LogP contribution in [-0.4, -0.2) is 25.6 Å². The monoisotopic (exact) mass is 305 g/mol. The summed E-state index contributed by atoms with van der Waals surface area (Å²) >= 11 is 0. The predicted molar refractivity (Wildman–Crippen MR) is 83.8 cm³/mol. The molecular weight excluding hydrogens is 282 g/mol. The molecule has 120 valence electrons. The fraction of sp³-hybridized carbons (Fsp3) is 0.529. The van der Waals surface area contributed by atoms with Gasteiger partial charge in [-0.15, -0.1) is 0 Å². The van der Waals surface area contributed by atoms with E-state index >= 15 is 0 Å². The number of carbonyl (C=O) groups excluding carboxylic acids is 2. The van der Waals surface area contributed by atoms with Crippen LogP contribution < -0.4 is 10.1 Å². The van der Waals surface area contributed by atoms with Gasteiger partial charge < -0.3 is 14.8 Å². The average molecular weight is 305 g/mol. The van der Waals surface area contributed by atoms with E-state index in [0.29, 0.717) is 23.8 Å². The number of rotatable bonds is 7. The summed E-state index contributed by atoms with van der Waals surface area (Å²) < 4.78 is 10.2. The molecule has 0 bridgehead atoms. The van der Waals surface area contributed by atoms with Crippen molar-refractivity contribution in [3.8, 4) is 5.75 Å². The first-order valence-corrected chi connectivity index (χ1v) is 7.77. The SMILES string of the molecule is COc1ccccc1NC(=O)COC(=O)CCC1CCCC1. The van der Waals surface area contributed by atoms with Gasteiger partial charge in [0.15, 0.2) is 6.61 Å². The van der Waals surface area contributed by atoms with Crippen LogP contribution in [0.1, 0.15) is 38.5 Å². The van der Waals surface area contributed by atoms with E-state index in [1.807, 2.05) is 6.07 Å². The van der Waals surface area contributed by atoms with Crippen molar-refractivity contribution in [3.05, 3.63) is 24.3 Å². The molecule has 1 aromatic carbocycles. The molecular formula is C17H23NO4. The van der Waals surface area contributed by atoms with Crippen molar-refractivity contribution in [1.82, 2.24) is 0 Å². The number of nitrogens with one attached hydrogen (secondary N) is 1. The lowest BCUT2D eigenvalue weighted by molar-refractivity contribution is -0.147. The van der Waals surface area contributed by atoms with Crippen molar-refractivity contribution < 1.29 is 19.1 Å². The lowest BCUT2D eigenvalue weighted by Gasteiger charge is -2.11. The molecule has 5 nitrogen and oxygen atoms in total. The van der Waals surface area contributed by atoms with Gasteiger partial charge in [0, 0.05) is 6.42 Å². The van der Waals surface area contributed by atoms with Crippen LogP contribution in [0.5, 0.6) is 5.75 Å². The van der Waals surface area contributed by atoms with Crippen LogP contribution in [0.25, 0.3) is 0 Å². The summed E-state index contributed by atoms with van der Waals surface area (Å²) in [5.41, 5.74) is 0.567. The number of hydrogen-bond acceptors (Lipinski definition) is 4. The lowest BCUT2D eigenvalue weighted by Crippen LogP contribution is -2.21. The number of benzene rings is 1. The van der Waals surface area contributed by atoms with Crippen LogP contribution in [0, 0.1) is 5.92 Å². The third-order valence-electron chi connectivity index (χ3n) is 3.98. The number of carbonyl (C=O) groups is 2. The summed E-state index contributed by atoms with van der Waals surface area (Å²) in [4.78, 5) is 23.5. The maximum atomic E-state index is 11.8. The number of ether oxygens (including phenoxy) is 2. The number of amides is 1. The van der Waals surface area contributed by atoms with Crippen LogP contribution in [-0.2, 0) is 14.3 Å². The van der Waals surface area contributed by atoms with Crippen molar-refractivity contribution in [1.29, 1.82) is 0 Å². The summed E-state index contributed by atoms with van der Waals surface area (Å²) in [5, 5.41) is 2.67. The first kappa shape index (κ1) is 16.3. The summed E-state index contributed by atoms with van der Waals surface area (Å²) in [6.45, 7) is -0.262. The third-order valence-corrected chi connectivity index (χ3v) is 3.98. The van der Waals surface area contributed by atoms with Gasteiger partial charge in [-0.1, -0.05) is 37.8 Å². The first-order chi connectivity index (χ1) is 10.7. The summed E-state index contributed by atoms with van der Waals surface area (Å²) in [5.74, 6) is 0.555. The van der Waals surface area contributed by atoms with E-state index in [-0.39, 0.29) is 18.5 Å². The summed E-state index contributed by atoms with van der Waals surface area (Å²) in [6.07, 6.45) is 6.21. The molecule has 1 aliphatic rings. The topological polar surface area (TPSA) is 64.6 Å². The molecule has 1 N–H and O–H groups in total. The zero-order chi connectivity index (χ0) is 15.8. The Morgan fingerprint density at radius 2 is 1.95 bits per heavy atom. The Kier molecular flexibility index (Phi) is 6.25. The van der Waals surface area contributed by atoms with E-state index in [4.69, 9.17) is 9.47 Å². The third kappa shape index (κ3) is 5.06. The lowest BCUT2D eigenvalue weighted by atomic mass is 10.0. The Bertz CT molecular complexity index is 509. The zero-order valence-electron chi connectivity index (χ0n) is 13.0. The Morgan fingerprint density at radius 3 is 2.68 bits per heavy atom. The number of para-hydroxylation sites is 2. The van der Waals surface area contributed by atoms with Crippen molar-refractivity contribution in [2.24, 2.45) is 5.92 Å². The maximum absolute atomic E-state index is 11.8. The van der Waals surface area contributed by atoms with Gasteiger partial charge >= 0.3 is 5.97 Å². The normalized spacial score (nSPS) is 14.6. The van der Waals surface area contributed by atoms with Crippen molar-refractivity contribution in [3.63, 3.8) is 0 Å². The highest BCUT2D eigenvalue weighted by molar-refractivity contribution is 5.94. The van der Waals surface area contributed by atoms with Crippen LogP contribution in [0.2, 0.25) is 0 Å². The second kappa shape index (κ2) is 8.41. The van der Waals surface area contributed by atoms with Gasteiger partial charge in [0.2, 0.25) is 0 Å². The molecule has 2 rings (SSSR count). The Hall–Kier alpha value is -2.04. The van der Waals surface area contributed by atoms with Gasteiger partial charge in [0.1, 0.15) is 5.75 Å². The van der Waals surface area contributed by atoms with Gasteiger partial charge in [-0.2, -0.15) is 0 Å². The Morgan fingerprint density at radius 1 is 1.23 bits per heavy atom. The predicted octanol–water partition coefficient (Wildman–Crippen LogP) is 3.15. The molecule has 0 spiro atoms. The summed E-state index contributed by atoms with van der Waals surface area (Å²) in [7, 11) is 1.54. The second-order valence-electron chi connectivity index (χ2n) is 5.60. The number of methoxy groups -OCH3 is 1. The van der Waals surface area contributed by atoms with Crippen LogP contribution in [0.3, 0.4) is 0 Å². The van der Waals surface area contributed by atoms with E-state index in [9.17, 15) is 9.59 Å². The maximum Gasteiger partial charge on any atom is 0.306 e. The fourth-order valence-electron chi connectivity index (χ4n) is 2.77. The first-order valence-electron chi connectivity index (χ1n) is 7.77. The smallest absolute Gasteiger partial charge is 0.306 e. The van der Waals surface area contributed by atoms with E-state index in [0.717, 1.165) is 6.42 Å². The highest BCUT2D eigenvalue weighted by Gasteiger charge is 2.17. The molecule has 1 saturated carbocycles. The molecule has 0 aliphatic heterocycles. The number of esters is 1. The molecule has 0 heterocycles. The van der Waals surface area contributed by atoms with Crippen LogP contribution in [0.4, 0.5) is 5.69 Å². The van der Waals surface area contributed by atoms with E-state index in [2.05, 4.69) is 5.32 Å². The Balaban J connectivity index is 1.69. The quantitative estimate of drug-likeness (QED) is 0.786. The molecule has 1 aliphatic carbocycles. The van der Waals surface area contributed by atoms with Crippen LogP contribution >= 0.6 is 0 Å². The summed E-state index contributed by atoms with van der Waals surface area (Å²) in [6, 6.07) is 7.10. The Labute approximate surface area is 131 Å². The van der Waals surface area contributed by atoms with Gasteiger partial charge in [0.05, 0.1) is 12.8 Å². The molecule has 0 unspecified atom stereocenters. The highest BCUT2D eigenvalue weighted by atomic mass is 16.5. The minimum Gasteiger partial charge on any atom is -0.495 e. The highest BCUT2D eigenvalue weighted by Crippen LogP contribution is 2.28. The fourth-order valence-corrected chi connectivity index (χ4v) is 2.77. The van der Waals surface area contributed by atoms with Crippen LogP contribution in [0.15, 0.2) is 24.3 Å². The standard InChI is InChI=1S/C17H23NO4/c1-21-15-9-5-4-8-14(15)18-16(19)12-22-17(20)11-10-13-6-2-3-7-13/h4-5,8-9,13H,2-3,6-7,10-12H2,1H3,(H,18,19). The minimum absolute atomic E-state index is 0.262. The van der Waals surface area contributed by atoms with E-state index in [1.54, 1.807) is 18.2 Å². The van der Waals surface area contributed by atoms with Crippen molar-refractivity contribution in [2.45, 2.75) is 38.5 Å². The molecule has 0 saturated heterocycles. The molecule has 22 heavy (non-hydrogen) atoms. The molecule has 1 fully saturated rings. The van der Waals surface area contributed by atoms with Gasteiger partial charge in [0.25, 0.3) is 5.91 Å². The number of anilines is 1. The number of hydrogen-bond donors (Lipinski definition) is 1. The largest absolute Gasteiger partial charge is 0.495 e. The minimum atomic E-state index is -0.362. The molecule has 1 amide bonds. The zero-order valence-corrected chi connectivity index (χ0v) is 13.0. The van der Waals surface area contributed by atoms with Gasteiger partial charge in [-0.25, -0.2) is 0 Å². The van der Waals surface area contributed by atoms with E-state index < -0.39 is 0 Å². The molecule has 5 heteroatoms. The van der Waals surface area contributed by atoms with Gasteiger partial charge in [-0.3, -0.25) is 9.59 Å². The van der Waals surface area contributed by atoms with E-state index in [1.165, 1.54) is 32.8 Å². The molecule has 1 aromatic rings. The van der Waals surface area contributed by atoms with Crippen molar-refractivity contribution in [2.75, 3.05) is 19.0 Å². The molecule has 0 radical (unpaired) electrons. The average Bonchev–Trinajstić information content (AvgIpc) is 3.05. The molecule has 0 atom stereocenters. The second-order valence-corrected chi connectivity index (χ2v) is 5.60. The molecule has 0 aromatic heterocycles. The van der Waals surface area contributed by atoms with Crippen molar-refractivity contribution >= 4 is 17.6 Å². The van der Waals surface area contributed by atoms with Gasteiger partial charge in [-0.05, 0) is 24.5 Å².